The van der Waals surface area contributed by atoms with E-state index in [1.54, 1.807) is 11.3 Å². The minimum Gasteiger partial charge on any atom is -0.340 e. The highest BCUT2D eigenvalue weighted by Gasteiger charge is 2.20. The standard InChI is InChI=1S/C14H23N3OS/c1-2-15-6-5-14(18)17-9-7-16(8-10-17)12-13-4-3-11-19-13/h3-4,11,15H,2,5-10,12H2,1H3. The molecule has 5 heteroatoms. The first-order valence-electron chi connectivity index (χ1n) is 7.03. The SMILES string of the molecule is CCNCCC(=O)N1CCN(Cc2cccs2)CC1. The highest BCUT2D eigenvalue weighted by molar-refractivity contribution is 7.09. The van der Waals surface area contributed by atoms with Crippen LogP contribution in [0.25, 0.3) is 0 Å². The Kier molecular flexibility index (Phi) is 5.82. The van der Waals surface area contributed by atoms with Gasteiger partial charge in [-0.05, 0) is 18.0 Å². The molecule has 1 N–H and O–H groups in total. The Bertz CT molecular complexity index is 372. The molecule has 1 aliphatic rings. The fourth-order valence-electron chi connectivity index (χ4n) is 2.31. The molecule has 0 atom stereocenters. The zero-order valence-electron chi connectivity index (χ0n) is 11.6. The molecule has 0 aromatic carbocycles. The van der Waals surface area contributed by atoms with E-state index < -0.39 is 0 Å². The molecule has 1 aliphatic heterocycles. The monoisotopic (exact) mass is 281 g/mol. The third-order valence-corrected chi connectivity index (χ3v) is 4.31. The number of nitrogens with zero attached hydrogens (tertiary/aromatic N) is 2. The van der Waals surface area contributed by atoms with Gasteiger partial charge in [-0.3, -0.25) is 9.69 Å². The summed E-state index contributed by atoms with van der Waals surface area (Å²) in [6, 6.07) is 4.28. The van der Waals surface area contributed by atoms with Crippen LogP contribution in [0.5, 0.6) is 0 Å². The Balaban J connectivity index is 1.68. The van der Waals surface area contributed by atoms with Crippen LogP contribution < -0.4 is 5.32 Å². The topological polar surface area (TPSA) is 35.6 Å². The number of carbonyl (C=O) groups is 1. The lowest BCUT2D eigenvalue weighted by Gasteiger charge is -2.34. The van der Waals surface area contributed by atoms with Crippen LogP contribution in [-0.2, 0) is 11.3 Å². The molecule has 2 rings (SSSR count). The van der Waals surface area contributed by atoms with Crippen molar-refractivity contribution in [1.82, 2.24) is 15.1 Å². The molecule has 1 fully saturated rings. The third-order valence-electron chi connectivity index (χ3n) is 3.45. The smallest absolute Gasteiger partial charge is 0.223 e. The number of hydrogen-bond acceptors (Lipinski definition) is 4. The summed E-state index contributed by atoms with van der Waals surface area (Å²) in [6.45, 7) is 8.54. The molecule has 1 aromatic rings. The van der Waals surface area contributed by atoms with Crippen LogP contribution in [0.4, 0.5) is 0 Å². The minimum atomic E-state index is 0.289. The van der Waals surface area contributed by atoms with Crippen LogP contribution in [0.1, 0.15) is 18.2 Å². The van der Waals surface area contributed by atoms with Crippen molar-refractivity contribution in [1.29, 1.82) is 0 Å². The number of thiophene rings is 1. The van der Waals surface area contributed by atoms with E-state index in [1.165, 1.54) is 4.88 Å². The molecule has 106 valence electrons. The number of piperazine rings is 1. The van der Waals surface area contributed by atoms with Crippen LogP contribution in [0, 0.1) is 0 Å². The van der Waals surface area contributed by atoms with Gasteiger partial charge in [0.2, 0.25) is 5.91 Å². The van der Waals surface area contributed by atoms with Crippen LogP contribution >= 0.6 is 11.3 Å². The summed E-state index contributed by atoms with van der Waals surface area (Å²) in [5, 5.41) is 5.32. The van der Waals surface area contributed by atoms with Crippen LogP contribution in [0.3, 0.4) is 0 Å². The van der Waals surface area contributed by atoms with Gasteiger partial charge in [0.1, 0.15) is 0 Å². The second-order valence-electron chi connectivity index (χ2n) is 4.84. The normalized spacial score (nSPS) is 16.8. The van der Waals surface area contributed by atoms with Gasteiger partial charge in [-0.1, -0.05) is 13.0 Å². The molecule has 4 nitrogen and oxygen atoms in total. The number of carbonyl (C=O) groups excluding carboxylic acids is 1. The second kappa shape index (κ2) is 7.62. The zero-order chi connectivity index (χ0) is 13.5. The summed E-state index contributed by atoms with van der Waals surface area (Å²) in [7, 11) is 0. The molecule has 0 aliphatic carbocycles. The average molecular weight is 281 g/mol. The Labute approximate surface area is 119 Å². The van der Waals surface area contributed by atoms with Crippen molar-refractivity contribution >= 4 is 17.2 Å². The number of hydrogen-bond donors (Lipinski definition) is 1. The lowest BCUT2D eigenvalue weighted by atomic mass is 10.2. The average Bonchev–Trinajstić information content (AvgIpc) is 2.93. The Morgan fingerprint density at radius 2 is 2.16 bits per heavy atom. The van der Waals surface area contributed by atoms with Crippen LogP contribution in [-0.4, -0.2) is 55.0 Å². The van der Waals surface area contributed by atoms with Gasteiger partial charge in [0, 0.05) is 50.6 Å². The summed E-state index contributed by atoms with van der Waals surface area (Å²) >= 11 is 1.81. The molecular formula is C14H23N3OS. The van der Waals surface area contributed by atoms with E-state index >= 15 is 0 Å². The lowest BCUT2D eigenvalue weighted by molar-refractivity contribution is -0.132. The summed E-state index contributed by atoms with van der Waals surface area (Å²) in [5.74, 6) is 0.289. The maximum absolute atomic E-state index is 12.0. The van der Waals surface area contributed by atoms with E-state index in [1.807, 2.05) is 4.90 Å². The van der Waals surface area contributed by atoms with Gasteiger partial charge in [-0.25, -0.2) is 0 Å². The molecule has 0 saturated carbocycles. The van der Waals surface area contributed by atoms with E-state index in [0.29, 0.717) is 6.42 Å². The van der Waals surface area contributed by atoms with Gasteiger partial charge >= 0.3 is 0 Å². The molecule has 1 aromatic heterocycles. The van der Waals surface area contributed by atoms with Gasteiger partial charge in [0.15, 0.2) is 0 Å². The van der Waals surface area contributed by atoms with E-state index in [0.717, 1.165) is 45.8 Å². The highest BCUT2D eigenvalue weighted by atomic mass is 32.1. The summed E-state index contributed by atoms with van der Waals surface area (Å²) in [5.41, 5.74) is 0. The molecule has 2 heterocycles. The van der Waals surface area contributed by atoms with Crippen molar-refractivity contribution in [3.8, 4) is 0 Å². The summed E-state index contributed by atoms with van der Waals surface area (Å²) in [6.07, 6.45) is 0.624. The van der Waals surface area contributed by atoms with E-state index in [-0.39, 0.29) is 5.91 Å². The predicted molar refractivity (Wildman–Crippen MR) is 79.3 cm³/mol. The van der Waals surface area contributed by atoms with E-state index in [2.05, 4.69) is 34.7 Å². The van der Waals surface area contributed by atoms with Gasteiger partial charge in [0.05, 0.1) is 0 Å². The van der Waals surface area contributed by atoms with Crippen molar-refractivity contribution in [2.24, 2.45) is 0 Å². The Morgan fingerprint density at radius 3 is 2.79 bits per heavy atom. The Morgan fingerprint density at radius 1 is 1.37 bits per heavy atom. The molecule has 0 radical (unpaired) electrons. The van der Waals surface area contributed by atoms with Gasteiger partial charge in [-0.15, -0.1) is 11.3 Å². The van der Waals surface area contributed by atoms with Gasteiger partial charge < -0.3 is 10.2 Å². The first-order chi connectivity index (χ1) is 9.29. The quantitative estimate of drug-likeness (QED) is 0.801. The maximum Gasteiger partial charge on any atom is 0.223 e. The molecule has 1 saturated heterocycles. The van der Waals surface area contributed by atoms with Crippen molar-refractivity contribution in [2.75, 3.05) is 39.3 Å². The number of rotatable bonds is 6. The van der Waals surface area contributed by atoms with Crippen LogP contribution in [0.15, 0.2) is 17.5 Å². The number of nitrogens with one attached hydrogen (secondary N) is 1. The van der Waals surface area contributed by atoms with Crippen LogP contribution in [0.2, 0.25) is 0 Å². The fourth-order valence-corrected chi connectivity index (χ4v) is 3.05. The first kappa shape index (κ1) is 14.5. The van der Waals surface area contributed by atoms with E-state index in [4.69, 9.17) is 0 Å². The summed E-state index contributed by atoms with van der Waals surface area (Å²) in [4.78, 5) is 17.8. The minimum absolute atomic E-state index is 0.289. The molecule has 0 unspecified atom stereocenters. The molecular weight excluding hydrogens is 258 g/mol. The Hall–Kier alpha value is -0.910. The number of amides is 1. The molecule has 0 bridgehead atoms. The van der Waals surface area contributed by atoms with Crippen molar-refractivity contribution in [3.63, 3.8) is 0 Å². The second-order valence-corrected chi connectivity index (χ2v) is 5.87. The molecule has 19 heavy (non-hydrogen) atoms. The largest absolute Gasteiger partial charge is 0.340 e. The van der Waals surface area contributed by atoms with Crippen molar-refractivity contribution < 1.29 is 4.79 Å². The van der Waals surface area contributed by atoms with Gasteiger partial charge in [0.25, 0.3) is 0 Å². The van der Waals surface area contributed by atoms with E-state index in [9.17, 15) is 4.79 Å². The van der Waals surface area contributed by atoms with Crippen molar-refractivity contribution in [2.45, 2.75) is 19.9 Å². The third kappa shape index (κ3) is 4.60. The fraction of sp³-hybridized carbons (Fsp3) is 0.643. The highest BCUT2D eigenvalue weighted by Crippen LogP contribution is 2.13. The van der Waals surface area contributed by atoms with Gasteiger partial charge in [-0.2, -0.15) is 0 Å². The van der Waals surface area contributed by atoms with Crippen molar-refractivity contribution in [3.05, 3.63) is 22.4 Å². The summed E-state index contributed by atoms with van der Waals surface area (Å²) < 4.78 is 0. The predicted octanol–water partition coefficient (Wildman–Crippen LogP) is 1.39. The molecule has 0 spiro atoms. The maximum atomic E-state index is 12.0. The first-order valence-corrected chi connectivity index (χ1v) is 7.91. The lowest BCUT2D eigenvalue weighted by Crippen LogP contribution is -2.48. The molecule has 1 amide bonds. The zero-order valence-corrected chi connectivity index (χ0v) is 12.4.